The van der Waals surface area contributed by atoms with E-state index in [0.29, 0.717) is 28.5 Å². The molecule has 26 heavy (non-hydrogen) atoms. The Hall–Kier alpha value is -3.00. The SMILES string of the molecule is CN(Cc1nccn1C)C(=O)c1csc2nc(-c3cccc(F)c3)cn12. The molecule has 3 aromatic heterocycles. The van der Waals surface area contributed by atoms with Crippen LogP contribution in [0.25, 0.3) is 16.2 Å². The molecule has 0 saturated heterocycles. The molecule has 0 saturated carbocycles. The zero-order chi connectivity index (χ0) is 18.3. The van der Waals surface area contributed by atoms with Crippen molar-refractivity contribution >= 4 is 22.2 Å². The van der Waals surface area contributed by atoms with Gasteiger partial charge in [-0.25, -0.2) is 14.4 Å². The molecular formula is C18H16FN5OS. The minimum Gasteiger partial charge on any atom is -0.337 e. The highest BCUT2D eigenvalue weighted by Gasteiger charge is 2.19. The van der Waals surface area contributed by atoms with Crippen LogP contribution in [-0.2, 0) is 13.6 Å². The van der Waals surface area contributed by atoms with Crippen molar-refractivity contribution in [2.75, 3.05) is 7.05 Å². The maximum absolute atomic E-state index is 13.5. The van der Waals surface area contributed by atoms with Crippen molar-refractivity contribution in [2.45, 2.75) is 6.54 Å². The van der Waals surface area contributed by atoms with E-state index in [2.05, 4.69) is 9.97 Å². The second-order valence-electron chi connectivity index (χ2n) is 6.03. The molecule has 0 atom stereocenters. The average molecular weight is 369 g/mol. The van der Waals surface area contributed by atoms with Crippen LogP contribution in [0.1, 0.15) is 16.3 Å². The van der Waals surface area contributed by atoms with Gasteiger partial charge in [-0.15, -0.1) is 11.3 Å². The van der Waals surface area contributed by atoms with Gasteiger partial charge in [0, 0.05) is 43.6 Å². The number of halogens is 1. The third kappa shape index (κ3) is 2.88. The van der Waals surface area contributed by atoms with Crippen molar-refractivity contribution in [2.24, 2.45) is 7.05 Å². The molecule has 3 heterocycles. The number of amides is 1. The van der Waals surface area contributed by atoms with Gasteiger partial charge in [-0.1, -0.05) is 12.1 Å². The van der Waals surface area contributed by atoms with Crippen LogP contribution in [0.5, 0.6) is 0 Å². The molecule has 4 aromatic rings. The molecule has 0 spiro atoms. The highest BCUT2D eigenvalue weighted by atomic mass is 32.1. The lowest BCUT2D eigenvalue weighted by Gasteiger charge is -2.16. The Bertz CT molecular complexity index is 1100. The van der Waals surface area contributed by atoms with Gasteiger partial charge < -0.3 is 9.47 Å². The number of carbonyl (C=O) groups excluding carboxylic acids is 1. The lowest BCUT2D eigenvalue weighted by molar-refractivity contribution is 0.0774. The molecule has 0 aliphatic heterocycles. The van der Waals surface area contributed by atoms with Crippen molar-refractivity contribution in [3.63, 3.8) is 0 Å². The van der Waals surface area contributed by atoms with Gasteiger partial charge in [-0.3, -0.25) is 9.20 Å². The summed E-state index contributed by atoms with van der Waals surface area (Å²) < 4.78 is 17.1. The van der Waals surface area contributed by atoms with Gasteiger partial charge in [0.2, 0.25) is 0 Å². The fourth-order valence-corrected chi connectivity index (χ4v) is 3.60. The molecule has 0 fully saturated rings. The number of aryl methyl sites for hydroxylation is 1. The Balaban J connectivity index is 1.64. The number of aromatic nitrogens is 4. The number of hydrogen-bond donors (Lipinski definition) is 0. The molecule has 0 radical (unpaired) electrons. The number of rotatable bonds is 4. The Morgan fingerprint density at radius 1 is 1.38 bits per heavy atom. The number of imidazole rings is 2. The van der Waals surface area contributed by atoms with E-state index in [-0.39, 0.29) is 11.7 Å². The fourth-order valence-electron chi connectivity index (χ4n) is 2.75. The number of carbonyl (C=O) groups is 1. The van der Waals surface area contributed by atoms with E-state index in [0.717, 1.165) is 5.82 Å². The maximum Gasteiger partial charge on any atom is 0.271 e. The number of fused-ring (bicyclic) bond motifs is 1. The summed E-state index contributed by atoms with van der Waals surface area (Å²) in [5.41, 5.74) is 1.84. The molecule has 0 N–H and O–H groups in total. The largest absolute Gasteiger partial charge is 0.337 e. The van der Waals surface area contributed by atoms with Crippen LogP contribution in [-0.4, -0.2) is 36.8 Å². The van der Waals surface area contributed by atoms with Gasteiger partial charge in [-0.05, 0) is 12.1 Å². The molecule has 1 aromatic carbocycles. The average Bonchev–Trinajstić information content (AvgIpc) is 3.30. The van der Waals surface area contributed by atoms with E-state index >= 15 is 0 Å². The highest BCUT2D eigenvalue weighted by molar-refractivity contribution is 7.15. The topological polar surface area (TPSA) is 55.4 Å². The number of benzene rings is 1. The van der Waals surface area contributed by atoms with Crippen LogP contribution >= 0.6 is 11.3 Å². The molecule has 0 unspecified atom stereocenters. The van der Waals surface area contributed by atoms with Crippen LogP contribution in [0.15, 0.2) is 48.2 Å². The summed E-state index contributed by atoms with van der Waals surface area (Å²) in [5, 5.41) is 1.79. The quantitative estimate of drug-likeness (QED) is 0.555. The van der Waals surface area contributed by atoms with E-state index in [4.69, 9.17) is 0 Å². The molecule has 4 rings (SSSR count). The molecule has 0 bridgehead atoms. The summed E-state index contributed by atoms with van der Waals surface area (Å²) in [7, 11) is 3.63. The van der Waals surface area contributed by atoms with Crippen LogP contribution < -0.4 is 0 Å². The van der Waals surface area contributed by atoms with Crippen molar-refractivity contribution in [3.05, 3.63) is 65.6 Å². The summed E-state index contributed by atoms with van der Waals surface area (Å²) in [4.78, 5) is 23.9. The van der Waals surface area contributed by atoms with Gasteiger partial charge in [0.25, 0.3) is 5.91 Å². The lowest BCUT2D eigenvalue weighted by atomic mass is 10.2. The molecule has 1 amide bonds. The molecule has 0 aliphatic rings. The van der Waals surface area contributed by atoms with Gasteiger partial charge in [0.15, 0.2) is 4.96 Å². The zero-order valence-corrected chi connectivity index (χ0v) is 15.1. The van der Waals surface area contributed by atoms with E-state index in [9.17, 15) is 9.18 Å². The fraction of sp³-hybridized carbons (Fsp3) is 0.167. The summed E-state index contributed by atoms with van der Waals surface area (Å²) in [6.07, 6.45) is 5.32. The Morgan fingerprint density at radius 3 is 2.96 bits per heavy atom. The molecule has 6 nitrogen and oxygen atoms in total. The van der Waals surface area contributed by atoms with E-state index in [1.165, 1.54) is 23.5 Å². The number of hydrogen-bond acceptors (Lipinski definition) is 4. The van der Waals surface area contributed by atoms with Crippen LogP contribution in [0.2, 0.25) is 0 Å². The highest BCUT2D eigenvalue weighted by Crippen LogP contribution is 2.25. The molecular weight excluding hydrogens is 353 g/mol. The van der Waals surface area contributed by atoms with E-state index < -0.39 is 0 Å². The Labute approximate surface area is 153 Å². The predicted molar refractivity (Wildman–Crippen MR) is 97.5 cm³/mol. The van der Waals surface area contributed by atoms with Crippen molar-refractivity contribution in [1.82, 2.24) is 23.8 Å². The number of nitrogens with zero attached hydrogens (tertiary/aromatic N) is 5. The summed E-state index contributed by atoms with van der Waals surface area (Å²) in [6, 6.07) is 6.26. The zero-order valence-electron chi connectivity index (χ0n) is 14.3. The Morgan fingerprint density at radius 2 is 2.23 bits per heavy atom. The van der Waals surface area contributed by atoms with Crippen molar-refractivity contribution in [3.8, 4) is 11.3 Å². The molecule has 132 valence electrons. The lowest BCUT2D eigenvalue weighted by Crippen LogP contribution is -2.28. The van der Waals surface area contributed by atoms with Gasteiger partial charge in [0.1, 0.15) is 17.3 Å². The van der Waals surface area contributed by atoms with Crippen LogP contribution in [0, 0.1) is 5.82 Å². The van der Waals surface area contributed by atoms with Crippen molar-refractivity contribution in [1.29, 1.82) is 0 Å². The third-order valence-corrected chi connectivity index (χ3v) is 5.03. The first-order valence-electron chi connectivity index (χ1n) is 7.97. The van der Waals surface area contributed by atoms with E-state index in [1.54, 1.807) is 46.3 Å². The summed E-state index contributed by atoms with van der Waals surface area (Å²) in [6.45, 7) is 0.408. The Kier molecular flexibility index (Phi) is 4.04. The normalized spacial score (nSPS) is 11.2. The predicted octanol–water partition coefficient (Wildman–Crippen LogP) is 3.21. The van der Waals surface area contributed by atoms with E-state index in [1.807, 2.05) is 17.8 Å². The summed E-state index contributed by atoms with van der Waals surface area (Å²) >= 11 is 1.38. The number of thiazole rings is 1. The van der Waals surface area contributed by atoms with Gasteiger partial charge in [0.05, 0.1) is 12.2 Å². The summed E-state index contributed by atoms with van der Waals surface area (Å²) in [5.74, 6) is 0.366. The van der Waals surface area contributed by atoms with Crippen LogP contribution in [0.4, 0.5) is 4.39 Å². The molecule has 0 aliphatic carbocycles. The van der Waals surface area contributed by atoms with Crippen LogP contribution in [0.3, 0.4) is 0 Å². The van der Waals surface area contributed by atoms with Gasteiger partial charge in [-0.2, -0.15) is 0 Å². The first-order valence-corrected chi connectivity index (χ1v) is 8.85. The monoisotopic (exact) mass is 369 g/mol. The first-order chi connectivity index (χ1) is 12.5. The standard InChI is InChI=1S/C18H16FN5OS/c1-22-7-6-20-16(22)10-23(2)17(25)15-11-26-18-21-14(9-24(15)18)12-4-3-5-13(19)8-12/h3-9,11H,10H2,1-2H3. The second-order valence-corrected chi connectivity index (χ2v) is 6.86. The third-order valence-electron chi connectivity index (χ3n) is 4.19. The molecule has 8 heteroatoms. The first kappa shape index (κ1) is 16.5. The smallest absolute Gasteiger partial charge is 0.271 e. The second kappa shape index (κ2) is 6.38. The van der Waals surface area contributed by atoms with Crippen molar-refractivity contribution < 1.29 is 9.18 Å². The minimum absolute atomic E-state index is 0.123. The maximum atomic E-state index is 13.5. The minimum atomic E-state index is -0.315. The van der Waals surface area contributed by atoms with Gasteiger partial charge >= 0.3 is 0 Å².